The van der Waals surface area contributed by atoms with Crippen LogP contribution in [0.4, 0.5) is 5.69 Å². The maximum atomic E-state index is 5.44. The Bertz CT molecular complexity index is 680. The largest absolute Gasteiger partial charge is 0.494 e. The lowest BCUT2D eigenvalue weighted by molar-refractivity contribution is 0.340. The first-order valence-corrected chi connectivity index (χ1v) is 8.01. The monoisotopic (exact) mass is 303 g/mol. The molecule has 1 heterocycles. The molecular formula is C16H21N3OS. The lowest BCUT2D eigenvalue weighted by Gasteiger charge is -2.02. The second-order valence-corrected chi connectivity index (χ2v) is 5.54. The molecule has 0 aliphatic carbocycles. The number of ether oxygens (including phenoxy) is 1. The molecule has 0 saturated carbocycles. The topological polar surface area (TPSA) is 38.9 Å². The Morgan fingerprint density at radius 1 is 1.24 bits per heavy atom. The second-order valence-electron chi connectivity index (χ2n) is 4.70. The van der Waals surface area contributed by atoms with E-state index in [1.54, 1.807) is 11.3 Å². The summed E-state index contributed by atoms with van der Waals surface area (Å²) in [5, 5.41) is 6.67. The zero-order valence-electron chi connectivity index (χ0n) is 13.0. The van der Waals surface area contributed by atoms with E-state index in [-0.39, 0.29) is 0 Å². The van der Waals surface area contributed by atoms with Gasteiger partial charge >= 0.3 is 0 Å². The van der Waals surface area contributed by atoms with Crippen LogP contribution in [0.25, 0.3) is 0 Å². The highest BCUT2D eigenvalue weighted by molar-refractivity contribution is 7.07. The van der Waals surface area contributed by atoms with E-state index in [0.717, 1.165) is 34.1 Å². The zero-order chi connectivity index (χ0) is 15.2. The van der Waals surface area contributed by atoms with Crippen LogP contribution < -0.4 is 9.54 Å². The molecule has 0 unspecified atom stereocenters. The van der Waals surface area contributed by atoms with Crippen molar-refractivity contribution in [1.29, 1.82) is 0 Å². The second kappa shape index (κ2) is 7.22. The number of rotatable bonds is 5. The molecule has 0 fully saturated rings. The van der Waals surface area contributed by atoms with Gasteiger partial charge in [0.05, 0.1) is 18.0 Å². The van der Waals surface area contributed by atoms with Gasteiger partial charge in [0.2, 0.25) is 4.80 Å². The van der Waals surface area contributed by atoms with Crippen LogP contribution >= 0.6 is 11.3 Å². The third-order valence-electron chi connectivity index (χ3n) is 3.01. The summed E-state index contributed by atoms with van der Waals surface area (Å²) in [6, 6.07) is 7.79. The molecule has 0 N–H and O–H groups in total. The fourth-order valence-corrected chi connectivity index (χ4v) is 2.54. The molecule has 21 heavy (non-hydrogen) atoms. The Kier molecular flexibility index (Phi) is 5.33. The molecular weight excluding hydrogens is 282 g/mol. The van der Waals surface area contributed by atoms with Crippen molar-refractivity contribution >= 4 is 22.7 Å². The average molecular weight is 303 g/mol. The van der Waals surface area contributed by atoms with Gasteiger partial charge < -0.3 is 4.74 Å². The Morgan fingerprint density at radius 3 is 2.57 bits per heavy atom. The Labute approximate surface area is 129 Å². The number of hydrogen-bond donors (Lipinski definition) is 0. The van der Waals surface area contributed by atoms with Crippen LogP contribution in [-0.2, 0) is 0 Å². The van der Waals surface area contributed by atoms with Gasteiger partial charge in [0.1, 0.15) is 5.75 Å². The number of aryl methyl sites for hydroxylation is 1. The van der Waals surface area contributed by atoms with E-state index < -0.39 is 0 Å². The first-order chi connectivity index (χ1) is 10.1. The zero-order valence-corrected chi connectivity index (χ0v) is 13.8. The van der Waals surface area contributed by atoms with Gasteiger partial charge in [-0.25, -0.2) is 9.67 Å². The number of nitrogens with zero attached hydrogens (tertiary/aromatic N) is 3. The summed E-state index contributed by atoms with van der Waals surface area (Å²) in [6.45, 7) is 8.82. The number of benzene rings is 1. The van der Waals surface area contributed by atoms with E-state index in [4.69, 9.17) is 4.74 Å². The molecule has 1 aromatic carbocycles. The van der Waals surface area contributed by atoms with Gasteiger partial charge in [0.25, 0.3) is 0 Å². The normalized spacial score (nSPS) is 12.8. The Hall–Kier alpha value is -1.88. The minimum atomic E-state index is 0.672. The first-order valence-electron chi connectivity index (χ1n) is 7.13. The van der Waals surface area contributed by atoms with Crippen LogP contribution in [0, 0.1) is 6.92 Å². The van der Waals surface area contributed by atoms with Crippen molar-refractivity contribution in [2.24, 2.45) is 10.1 Å². The van der Waals surface area contributed by atoms with E-state index >= 15 is 0 Å². The summed E-state index contributed by atoms with van der Waals surface area (Å²) < 4.78 is 7.34. The lowest BCUT2D eigenvalue weighted by atomic mass is 10.3. The van der Waals surface area contributed by atoms with Crippen LogP contribution in [0.2, 0.25) is 0 Å². The fourth-order valence-electron chi connectivity index (χ4n) is 1.72. The summed E-state index contributed by atoms with van der Waals surface area (Å²) in [7, 11) is 0. The van der Waals surface area contributed by atoms with Crippen molar-refractivity contribution in [2.45, 2.75) is 34.1 Å². The van der Waals surface area contributed by atoms with Crippen molar-refractivity contribution in [3.05, 3.63) is 40.1 Å². The average Bonchev–Trinajstić information content (AvgIpc) is 2.82. The van der Waals surface area contributed by atoms with Gasteiger partial charge in [-0.3, -0.25) is 0 Å². The predicted octanol–water partition coefficient (Wildman–Crippen LogP) is 4.12. The van der Waals surface area contributed by atoms with Crippen LogP contribution in [-0.4, -0.2) is 17.0 Å². The summed E-state index contributed by atoms with van der Waals surface area (Å²) in [4.78, 5) is 5.55. The maximum Gasteiger partial charge on any atom is 0.211 e. The third-order valence-corrected chi connectivity index (χ3v) is 3.94. The minimum absolute atomic E-state index is 0.672. The molecule has 0 aliphatic heterocycles. The van der Waals surface area contributed by atoms with Crippen molar-refractivity contribution in [2.75, 3.05) is 6.61 Å². The van der Waals surface area contributed by atoms with Gasteiger partial charge in [-0.05, 0) is 51.5 Å². The van der Waals surface area contributed by atoms with Crippen molar-refractivity contribution in [1.82, 2.24) is 4.68 Å². The van der Waals surface area contributed by atoms with Crippen molar-refractivity contribution in [3.63, 3.8) is 0 Å². The molecule has 0 radical (unpaired) electrons. The molecule has 0 bridgehead atoms. The van der Waals surface area contributed by atoms with Gasteiger partial charge in [-0.2, -0.15) is 5.10 Å². The van der Waals surface area contributed by atoms with Crippen LogP contribution in [0.15, 0.2) is 39.7 Å². The Balaban J connectivity index is 2.37. The molecule has 112 valence electrons. The molecule has 1 aromatic heterocycles. The van der Waals surface area contributed by atoms with Crippen molar-refractivity contribution < 1.29 is 4.74 Å². The Morgan fingerprint density at radius 2 is 1.95 bits per heavy atom. The molecule has 0 saturated heterocycles. The fraction of sp³-hybridized carbons (Fsp3) is 0.375. The molecule has 2 rings (SSSR count). The highest BCUT2D eigenvalue weighted by Crippen LogP contribution is 2.17. The molecule has 5 heteroatoms. The lowest BCUT2D eigenvalue weighted by Crippen LogP contribution is -2.13. The van der Waals surface area contributed by atoms with Gasteiger partial charge in [-0.15, -0.1) is 11.3 Å². The molecule has 4 nitrogen and oxygen atoms in total. The van der Waals surface area contributed by atoms with Crippen molar-refractivity contribution in [3.8, 4) is 5.75 Å². The van der Waals surface area contributed by atoms with Gasteiger partial charge in [0, 0.05) is 11.1 Å². The highest BCUT2D eigenvalue weighted by Gasteiger charge is 2.01. The number of hydrogen-bond acceptors (Lipinski definition) is 4. The summed E-state index contributed by atoms with van der Waals surface area (Å²) >= 11 is 1.60. The molecule has 0 aliphatic rings. The van der Waals surface area contributed by atoms with E-state index in [9.17, 15) is 0 Å². The first kappa shape index (κ1) is 15.5. The molecule has 0 atom stereocenters. The smallest absolute Gasteiger partial charge is 0.211 e. The molecule has 0 spiro atoms. The van der Waals surface area contributed by atoms with E-state index in [0.29, 0.717) is 6.61 Å². The molecule has 0 amide bonds. The number of thiazole rings is 1. The third kappa shape index (κ3) is 4.04. The maximum absolute atomic E-state index is 5.44. The standard InChI is InChI=1S/C16H21N3OS/c1-5-12(3)18-19-13(4)11-21-16(19)17-14-7-9-15(10-8-14)20-6-2/h7-11H,5-6H2,1-4H3. The minimum Gasteiger partial charge on any atom is -0.494 e. The SMILES string of the molecule is CCOc1ccc(N=c2scc(C)n2N=C(C)CC)cc1. The van der Waals surface area contributed by atoms with Crippen LogP contribution in [0.5, 0.6) is 5.75 Å². The summed E-state index contributed by atoms with van der Waals surface area (Å²) in [6.07, 6.45) is 0.935. The highest BCUT2D eigenvalue weighted by atomic mass is 32.1. The van der Waals surface area contributed by atoms with Gasteiger partial charge in [0.15, 0.2) is 0 Å². The van der Waals surface area contributed by atoms with Crippen LogP contribution in [0.1, 0.15) is 32.9 Å². The quantitative estimate of drug-likeness (QED) is 0.766. The van der Waals surface area contributed by atoms with E-state index in [1.807, 2.05) is 49.7 Å². The van der Waals surface area contributed by atoms with Gasteiger partial charge in [-0.1, -0.05) is 6.92 Å². The number of aromatic nitrogens is 1. The predicted molar refractivity (Wildman–Crippen MR) is 88.7 cm³/mol. The van der Waals surface area contributed by atoms with Crippen LogP contribution in [0.3, 0.4) is 0 Å². The summed E-state index contributed by atoms with van der Waals surface area (Å²) in [5.41, 5.74) is 3.08. The molecule has 2 aromatic rings. The van der Waals surface area contributed by atoms with E-state index in [2.05, 4.69) is 22.4 Å². The summed E-state index contributed by atoms with van der Waals surface area (Å²) in [5.74, 6) is 0.867. The van der Waals surface area contributed by atoms with E-state index in [1.165, 1.54) is 0 Å².